The van der Waals surface area contributed by atoms with Crippen LogP contribution in [0.2, 0.25) is 10.0 Å². The molecule has 19 heavy (non-hydrogen) atoms. The summed E-state index contributed by atoms with van der Waals surface area (Å²) < 4.78 is 5.22. The minimum Gasteiger partial charge on any atom is -0.509 e. The summed E-state index contributed by atoms with van der Waals surface area (Å²) in [5.74, 6) is 0.0274. The van der Waals surface area contributed by atoms with Crippen LogP contribution in [0.5, 0.6) is 5.75 Å². The molecule has 5 heteroatoms. The van der Waals surface area contributed by atoms with Crippen molar-refractivity contribution in [2.24, 2.45) is 5.92 Å². The van der Waals surface area contributed by atoms with E-state index in [9.17, 15) is 4.79 Å². The minimum absolute atomic E-state index is 0.0486. The van der Waals surface area contributed by atoms with Crippen LogP contribution in [0.3, 0.4) is 0 Å². The number of aliphatic hydroxyl groups excluding tert-OH is 1. The number of Topliss-reactive ketones (excluding diaryl/α,β-unsaturated/α-hetero) is 1. The summed E-state index contributed by atoms with van der Waals surface area (Å²) in [6.45, 7) is 7.00. The van der Waals surface area contributed by atoms with Crippen LogP contribution in [-0.4, -0.2) is 17.5 Å². The molecule has 0 radical (unpaired) electrons. The van der Waals surface area contributed by atoms with Crippen LogP contribution in [0.15, 0.2) is 24.5 Å². The number of carbonyl (C=O) groups excluding carboxylic acids is 1. The third-order valence-electron chi connectivity index (χ3n) is 2.77. The molecule has 0 aromatic heterocycles. The van der Waals surface area contributed by atoms with Gasteiger partial charge in [0.1, 0.15) is 23.1 Å². The Balaban J connectivity index is 3.04. The van der Waals surface area contributed by atoms with Gasteiger partial charge in [0.25, 0.3) is 0 Å². The molecule has 0 heterocycles. The molecule has 0 saturated carbocycles. The molecule has 1 N–H and O–H groups in total. The van der Waals surface area contributed by atoms with E-state index in [0.29, 0.717) is 11.3 Å². The smallest absolute Gasteiger partial charge is 0.167 e. The lowest BCUT2D eigenvalue weighted by atomic mass is 9.97. The zero-order chi connectivity index (χ0) is 14.6. The molecule has 1 rings (SSSR count). The van der Waals surface area contributed by atoms with Crippen LogP contribution in [-0.2, 0) is 0 Å². The fourth-order valence-corrected chi connectivity index (χ4v) is 1.91. The highest BCUT2D eigenvalue weighted by Crippen LogP contribution is 2.36. The molecule has 104 valence electrons. The van der Waals surface area contributed by atoms with Gasteiger partial charge >= 0.3 is 0 Å². The van der Waals surface area contributed by atoms with Gasteiger partial charge in [-0.15, -0.1) is 0 Å². The molecule has 1 unspecified atom stereocenters. The van der Waals surface area contributed by atoms with E-state index in [1.54, 1.807) is 12.1 Å². The van der Waals surface area contributed by atoms with Crippen molar-refractivity contribution in [3.63, 3.8) is 0 Å². The van der Waals surface area contributed by atoms with E-state index in [1.807, 2.05) is 13.8 Å². The summed E-state index contributed by atoms with van der Waals surface area (Å²) in [5, 5.41) is 9.31. The predicted octanol–water partition coefficient (Wildman–Crippen LogP) is 4.67. The summed E-state index contributed by atoms with van der Waals surface area (Å²) in [4.78, 5) is 12.1. The van der Waals surface area contributed by atoms with Crippen LogP contribution in [0.25, 0.3) is 0 Å². The largest absolute Gasteiger partial charge is 0.509 e. The molecule has 0 aliphatic heterocycles. The molecule has 1 atom stereocenters. The number of carbonyl (C=O) groups is 1. The van der Waals surface area contributed by atoms with Crippen LogP contribution in [0.1, 0.15) is 30.6 Å². The molecule has 3 nitrogen and oxygen atoms in total. The van der Waals surface area contributed by atoms with Crippen molar-refractivity contribution in [1.29, 1.82) is 0 Å². The lowest BCUT2D eigenvalue weighted by molar-refractivity contribution is 0.0927. The topological polar surface area (TPSA) is 46.5 Å². The number of rotatable bonds is 6. The molecule has 1 aromatic rings. The maximum Gasteiger partial charge on any atom is 0.167 e. The number of aliphatic hydroxyl groups is 1. The number of ether oxygens (including phenoxy) is 1. The van der Waals surface area contributed by atoms with E-state index < -0.39 is 0 Å². The molecule has 0 aliphatic carbocycles. The number of hydrogen-bond donors (Lipinski definition) is 1. The van der Waals surface area contributed by atoms with Gasteiger partial charge in [-0.1, -0.05) is 43.6 Å². The maximum absolute atomic E-state index is 12.1. The van der Waals surface area contributed by atoms with E-state index >= 15 is 0 Å². The van der Waals surface area contributed by atoms with Gasteiger partial charge in [-0.25, -0.2) is 0 Å². The summed E-state index contributed by atoms with van der Waals surface area (Å²) in [6, 6.07) is 3.14. The SMILES string of the molecule is C=C(O)COc1ccc(C(=O)C(C)CC)c(Cl)c1Cl. The van der Waals surface area contributed by atoms with E-state index in [4.69, 9.17) is 33.0 Å². The predicted molar refractivity (Wildman–Crippen MR) is 77.5 cm³/mol. The zero-order valence-electron chi connectivity index (χ0n) is 10.9. The van der Waals surface area contributed by atoms with Gasteiger partial charge in [0, 0.05) is 11.5 Å². The van der Waals surface area contributed by atoms with Crippen molar-refractivity contribution < 1.29 is 14.6 Å². The Morgan fingerprint density at radius 1 is 1.42 bits per heavy atom. The Bertz CT molecular complexity index is 498. The number of halogens is 2. The lowest BCUT2D eigenvalue weighted by Crippen LogP contribution is -2.11. The molecule has 0 saturated heterocycles. The molecule has 0 spiro atoms. The minimum atomic E-state index is -0.119. The average Bonchev–Trinajstić information content (AvgIpc) is 2.38. The van der Waals surface area contributed by atoms with Crippen molar-refractivity contribution in [1.82, 2.24) is 0 Å². The summed E-state index contributed by atoms with van der Waals surface area (Å²) >= 11 is 12.1. The highest BCUT2D eigenvalue weighted by atomic mass is 35.5. The first-order valence-corrected chi connectivity index (χ1v) is 6.65. The van der Waals surface area contributed by atoms with Crippen molar-refractivity contribution in [3.8, 4) is 5.75 Å². The molecule has 0 fully saturated rings. The molecule has 0 bridgehead atoms. The van der Waals surface area contributed by atoms with Crippen LogP contribution in [0.4, 0.5) is 0 Å². The van der Waals surface area contributed by atoms with E-state index in [2.05, 4.69) is 6.58 Å². The summed E-state index contributed by atoms with van der Waals surface area (Å²) in [7, 11) is 0. The Hall–Kier alpha value is -1.19. The number of ketones is 1. The second kappa shape index (κ2) is 6.83. The van der Waals surface area contributed by atoms with Crippen molar-refractivity contribution in [2.75, 3.05) is 6.61 Å². The Morgan fingerprint density at radius 3 is 2.58 bits per heavy atom. The average molecular weight is 303 g/mol. The fraction of sp³-hybridized carbons (Fsp3) is 0.357. The molecule has 0 amide bonds. The number of hydrogen-bond acceptors (Lipinski definition) is 3. The number of benzene rings is 1. The second-order valence-corrected chi connectivity index (χ2v) is 5.02. The van der Waals surface area contributed by atoms with Crippen LogP contribution in [0, 0.1) is 5.92 Å². The Labute approximate surface area is 122 Å². The molecular formula is C14H16Cl2O3. The summed E-state index contributed by atoms with van der Waals surface area (Å²) in [6.07, 6.45) is 0.732. The van der Waals surface area contributed by atoms with Crippen LogP contribution >= 0.6 is 23.2 Å². The molecule has 1 aromatic carbocycles. The molecular weight excluding hydrogens is 287 g/mol. The van der Waals surface area contributed by atoms with Gasteiger partial charge in [-0.3, -0.25) is 4.79 Å². The monoisotopic (exact) mass is 302 g/mol. The van der Waals surface area contributed by atoms with Gasteiger partial charge in [0.15, 0.2) is 5.78 Å². The van der Waals surface area contributed by atoms with Crippen LogP contribution < -0.4 is 4.74 Å². The zero-order valence-corrected chi connectivity index (χ0v) is 12.4. The first kappa shape index (κ1) is 15.9. The first-order valence-electron chi connectivity index (χ1n) is 5.90. The maximum atomic E-state index is 12.1. The van der Waals surface area contributed by atoms with Gasteiger partial charge in [-0.2, -0.15) is 0 Å². The van der Waals surface area contributed by atoms with E-state index in [-0.39, 0.29) is 34.1 Å². The van der Waals surface area contributed by atoms with E-state index in [1.165, 1.54) is 0 Å². The van der Waals surface area contributed by atoms with Crippen molar-refractivity contribution >= 4 is 29.0 Å². The summed E-state index contributed by atoms with van der Waals surface area (Å²) in [5.41, 5.74) is 0.385. The third kappa shape index (κ3) is 3.88. The van der Waals surface area contributed by atoms with Gasteiger partial charge < -0.3 is 9.84 Å². The van der Waals surface area contributed by atoms with Gasteiger partial charge in [-0.05, 0) is 18.6 Å². The van der Waals surface area contributed by atoms with Gasteiger partial charge in [0.2, 0.25) is 0 Å². The lowest BCUT2D eigenvalue weighted by Gasteiger charge is -2.13. The first-order chi connectivity index (χ1) is 8.88. The quantitative estimate of drug-likeness (QED) is 0.613. The van der Waals surface area contributed by atoms with Crippen molar-refractivity contribution in [3.05, 3.63) is 40.1 Å². The van der Waals surface area contributed by atoms with Crippen molar-refractivity contribution in [2.45, 2.75) is 20.3 Å². The van der Waals surface area contributed by atoms with Gasteiger partial charge in [0.05, 0.1) is 5.02 Å². The fourth-order valence-electron chi connectivity index (χ4n) is 1.45. The Morgan fingerprint density at radius 2 is 2.05 bits per heavy atom. The standard InChI is InChI=1S/C14H16Cl2O3/c1-4-8(2)14(18)10-5-6-11(13(16)12(10)15)19-7-9(3)17/h5-6,8,17H,3-4,7H2,1-2H3. The molecule has 0 aliphatic rings. The Kier molecular flexibility index (Phi) is 5.70. The highest BCUT2D eigenvalue weighted by molar-refractivity contribution is 6.44. The highest BCUT2D eigenvalue weighted by Gasteiger charge is 2.20. The second-order valence-electron chi connectivity index (χ2n) is 4.27. The third-order valence-corrected chi connectivity index (χ3v) is 3.63. The normalized spacial score (nSPS) is 12.0. The van der Waals surface area contributed by atoms with E-state index in [0.717, 1.165) is 6.42 Å².